The van der Waals surface area contributed by atoms with E-state index in [1.807, 2.05) is 0 Å². The van der Waals surface area contributed by atoms with Crippen LogP contribution in [0, 0.1) is 6.92 Å². The molecule has 7 nitrogen and oxygen atoms in total. The van der Waals surface area contributed by atoms with Gasteiger partial charge in [0, 0.05) is 38.6 Å². The number of sulfonamides is 1. The van der Waals surface area contributed by atoms with Gasteiger partial charge in [-0.05, 0) is 13.3 Å². The number of aromatic nitrogens is 4. The van der Waals surface area contributed by atoms with E-state index >= 15 is 0 Å². The third-order valence-corrected chi connectivity index (χ3v) is 4.13. The maximum Gasteiger partial charge on any atom is 0.259 e. The molecule has 0 aromatic carbocycles. The predicted octanol–water partition coefficient (Wildman–Crippen LogP) is 0.363. The summed E-state index contributed by atoms with van der Waals surface area (Å²) in [6, 6.07) is 0. The highest BCUT2D eigenvalue weighted by Gasteiger charge is 2.17. The third-order valence-electron chi connectivity index (χ3n) is 2.80. The first kappa shape index (κ1) is 13.8. The van der Waals surface area contributed by atoms with Crippen LogP contribution in [-0.2, 0) is 23.5 Å². The summed E-state index contributed by atoms with van der Waals surface area (Å²) in [4.78, 5) is 11.1. The van der Waals surface area contributed by atoms with Crippen molar-refractivity contribution < 1.29 is 8.42 Å². The van der Waals surface area contributed by atoms with Gasteiger partial charge in [-0.15, -0.1) is 0 Å². The molecule has 0 radical (unpaired) electrons. The average molecular weight is 283 g/mol. The van der Waals surface area contributed by atoms with Crippen molar-refractivity contribution in [3.63, 3.8) is 0 Å². The lowest BCUT2D eigenvalue weighted by Gasteiger charge is -2.03. The monoisotopic (exact) mass is 283 g/mol. The summed E-state index contributed by atoms with van der Waals surface area (Å²) in [6.07, 6.45) is 6.31. The van der Waals surface area contributed by atoms with Gasteiger partial charge >= 0.3 is 0 Å². The molecule has 0 aliphatic rings. The molecule has 0 saturated carbocycles. The third kappa shape index (κ3) is 3.42. The van der Waals surface area contributed by atoms with Gasteiger partial charge < -0.3 is 9.55 Å². The van der Waals surface area contributed by atoms with Crippen LogP contribution in [0.5, 0.6) is 0 Å². The number of nitrogens with one attached hydrogen (secondary N) is 2. The van der Waals surface area contributed by atoms with Crippen LogP contribution in [-0.4, -0.2) is 34.5 Å². The fourth-order valence-electron chi connectivity index (χ4n) is 1.63. The molecule has 0 atom stereocenters. The lowest BCUT2D eigenvalue weighted by molar-refractivity contribution is 0.575. The summed E-state index contributed by atoms with van der Waals surface area (Å²) in [6.45, 7) is 2.12. The van der Waals surface area contributed by atoms with E-state index in [1.54, 1.807) is 30.9 Å². The van der Waals surface area contributed by atoms with E-state index in [2.05, 4.69) is 19.7 Å². The van der Waals surface area contributed by atoms with Crippen LogP contribution >= 0.6 is 0 Å². The van der Waals surface area contributed by atoms with Crippen molar-refractivity contribution >= 4 is 10.0 Å². The SMILES string of the molecule is Cc1nc(S(=O)(=O)NCCCc2ncc[nH]2)cn1C. The van der Waals surface area contributed by atoms with Crippen molar-refractivity contribution in [2.75, 3.05) is 6.54 Å². The molecule has 8 heteroatoms. The fourth-order valence-corrected chi connectivity index (χ4v) is 2.74. The molecule has 0 amide bonds. The molecule has 0 saturated heterocycles. The number of rotatable bonds is 6. The molecule has 0 aliphatic heterocycles. The number of hydrogen-bond acceptors (Lipinski definition) is 4. The van der Waals surface area contributed by atoms with E-state index < -0.39 is 10.0 Å². The van der Waals surface area contributed by atoms with Crippen molar-refractivity contribution in [2.45, 2.75) is 24.8 Å². The summed E-state index contributed by atoms with van der Waals surface area (Å²) in [5.74, 6) is 1.52. The summed E-state index contributed by atoms with van der Waals surface area (Å²) in [7, 11) is -1.75. The van der Waals surface area contributed by atoms with Crippen LogP contribution in [0.25, 0.3) is 0 Å². The Bertz CT molecular complexity index is 611. The predicted molar refractivity (Wildman–Crippen MR) is 70.0 cm³/mol. The first-order valence-electron chi connectivity index (χ1n) is 5.97. The minimum absolute atomic E-state index is 0.0606. The van der Waals surface area contributed by atoms with Gasteiger partial charge in [-0.2, -0.15) is 0 Å². The van der Waals surface area contributed by atoms with Crippen molar-refractivity contribution in [1.82, 2.24) is 24.2 Å². The molecule has 19 heavy (non-hydrogen) atoms. The van der Waals surface area contributed by atoms with E-state index in [1.165, 1.54) is 6.20 Å². The Morgan fingerprint density at radius 3 is 2.84 bits per heavy atom. The molecule has 0 unspecified atom stereocenters. The van der Waals surface area contributed by atoms with Crippen LogP contribution in [0.2, 0.25) is 0 Å². The van der Waals surface area contributed by atoms with Crippen molar-refractivity contribution in [3.8, 4) is 0 Å². The molecule has 0 aliphatic carbocycles. The van der Waals surface area contributed by atoms with Crippen LogP contribution in [0.1, 0.15) is 18.1 Å². The molecular formula is C11H17N5O2S. The Morgan fingerprint density at radius 1 is 1.47 bits per heavy atom. The Morgan fingerprint density at radius 2 is 2.26 bits per heavy atom. The lowest BCUT2D eigenvalue weighted by atomic mass is 10.3. The summed E-state index contributed by atoms with van der Waals surface area (Å²) in [5, 5.41) is 0.0606. The van der Waals surface area contributed by atoms with Gasteiger partial charge in [-0.1, -0.05) is 0 Å². The van der Waals surface area contributed by atoms with Gasteiger partial charge in [0.25, 0.3) is 10.0 Å². The number of hydrogen-bond donors (Lipinski definition) is 2. The van der Waals surface area contributed by atoms with E-state index in [0.29, 0.717) is 25.2 Å². The van der Waals surface area contributed by atoms with Gasteiger partial charge in [0.2, 0.25) is 0 Å². The molecule has 2 aromatic rings. The molecule has 0 bridgehead atoms. The number of H-pyrrole nitrogens is 1. The Balaban J connectivity index is 1.87. The van der Waals surface area contributed by atoms with E-state index in [4.69, 9.17) is 0 Å². The maximum absolute atomic E-state index is 11.9. The molecule has 0 fully saturated rings. The first-order valence-corrected chi connectivity index (χ1v) is 7.45. The van der Waals surface area contributed by atoms with Crippen molar-refractivity contribution in [2.24, 2.45) is 7.05 Å². The number of aromatic amines is 1. The minimum atomic E-state index is -3.52. The fraction of sp³-hybridized carbons (Fsp3) is 0.455. The second-order valence-corrected chi connectivity index (χ2v) is 5.99. The second kappa shape index (κ2) is 5.54. The summed E-state index contributed by atoms with van der Waals surface area (Å²) < 4.78 is 28.1. The minimum Gasteiger partial charge on any atom is -0.349 e. The molecule has 0 spiro atoms. The van der Waals surface area contributed by atoms with Gasteiger partial charge in [0.1, 0.15) is 11.6 Å². The standard InChI is InChI=1S/C11H17N5O2S/c1-9-15-11(8-16(9)2)19(17,18)14-5-3-4-10-12-6-7-13-10/h6-8,14H,3-5H2,1-2H3,(H,12,13). The maximum atomic E-state index is 11.9. The second-order valence-electron chi connectivity index (χ2n) is 4.27. The highest BCUT2D eigenvalue weighted by Crippen LogP contribution is 2.07. The topological polar surface area (TPSA) is 92.7 Å². The Kier molecular flexibility index (Phi) is 4.01. The number of aryl methyl sites for hydroxylation is 3. The average Bonchev–Trinajstić information content (AvgIpc) is 2.96. The van der Waals surface area contributed by atoms with Crippen LogP contribution in [0.3, 0.4) is 0 Å². The van der Waals surface area contributed by atoms with Gasteiger partial charge in [0.05, 0.1) is 0 Å². The molecule has 2 heterocycles. The Hall–Kier alpha value is -1.67. The zero-order chi connectivity index (χ0) is 13.9. The van der Waals surface area contributed by atoms with Gasteiger partial charge in [0.15, 0.2) is 5.03 Å². The quantitative estimate of drug-likeness (QED) is 0.749. The normalized spacial score (nSPS) is 11.9. The van der Waals surface area contributed by atoms with E-state index in [9.17, 15) is 8.42 Å². The largest absolute Gasteiger partial charge is 0.349 e. The van der Waals surface area contributed by atoms with Crippen molar-refractivity contribution in [3.05, 3.63) is 30.2 Å². The van der Waals surface area contributed by atoms with Crippen LogP contribution in [0.15, 0.2) is 23.6 Å². The zero-order valence-corrected chi connectivity index (χ0v) is 11.7. The highest BCUT2D eigenvalue weighted by molar-refractivity contribution is 7.89. The van der Waals surface area contributed by atoms with Crippen LogP contribution in [0.4, 0.5) is 0 Å². The first-order chi connectivity index (χ1) is 8.99. The molecule has 2 N–H and O–H groups in total. The van der Waals surface area contributed by atoms with Gasteiger partial charge in [-0.25, -0.2) is 23.1 Å². The lowest BCUT2D eigenvalue weighted by Crippen LogP contribution is -2.25. The highest BCUT2D eigenvalue weighted by atomic mass is 32.2. The van der Waals surface area contributed by atoms with Crippen LogP contribution < -0.4 is 4.72 Å². The Labute approximate surface area is 112 Å². The van der Waals surface area contributed by atoms with E-state index in [0.717, 1.165) is 5.82 Å². The molecule has 2 rings (SSSR count). The smallest absolute Gasteiger partial charge is 0.259 e. The van der Waals surface area contributed by atoms with Crippen molar-refractivity contribution in [1.29, 1.82) is 0 Å². The van der Waals surface area contributed by atoms with Gasteiger partial charge in [-0.3, -0.25) is 0 Å². The summed E-state index contributed by atoms with van der Waals surface area (Å²) >= 11 is 0. The zero-order valence-electron chi connectivity index (χ0n) is 10.9. The van der Waals surface area contributed by atoms with E-state index in [-0.39, 0.29) is 5.03 Å². The number of nitrogens with zero attached hydrogens (tertiary/aromatic N) is 3. The number of imidazole rings is 2. The summed E-state index contributed by atoms with van der Waals surface area (Å²) in [5.41, 5.74) is 0. The molecule has 2 aromatic heterocycles. The molecular weight excluding hydrogens is 266 g/mol. The molecule has 104 valence electrons.